The van der Waals surface area contributed by atoms with Crippen LogP contribution in [0.2, 0.25) is 0 Å². The van der Waals surface area contributed by atoms with Gasteiger partial charge < -0.3 is 5.11 Å². The third-order valence-electron chi connectivity index (χ3n) is 2.31. The lowest BCUT2D eigenvalue weighted by molar-refractivity contribution is -0.114. The van der Waals surface area contributed by atoms with E-state index in [2.05, 4.69) is 4.99 Å². The standard InChI is InChI=1S/C11H17NO2/c1-4-12-8-5-6-9(13)10(8)11(14)7(2)3/h7,14H,4-6H2,1-3H3. The predicted molar refractivity (Wildman–Crippen MR) is 56.7 cm³/mol. The minimum atomic E-state index is -0.00546. The van der Waals surface area contributed by atoms with Gasteiger partial charge in [-0.2, -0.15) is 0 Å². The summed E-state index contributed by atoms with van der Waals surface area (Å²) >= 11 is 0. The van der Waals surface area contributed by atoms with Gasteiger partial charge in [-0.15, -0.1) is 0 Å². The van der Waals surface area contributed by atoms with Gasteiger partial charge >= 0.3 is 0 Å². The Morgan fingerprint density at radius 1 is 1.50 bits per heavy atom. The van der Waals surface area contributed by atoms with Gasteiger partial charge in [0.2, 0.25) is 0 Å². The summed E-state index contributed by atoms with van der Waals surface area (Å²) in [7, 11) is 0. The van der Waals surface area contributed by atoms with E-state index in [4.69, 9.17) is 0 Å². The van der Waals surface area contributed by atoms with Crippen molar-refractivity contribution in [1.82, 2.24) is 0 Å². The Hall–Kier alpha value is -1.12. The van der Waals surface area contributed by atoms with Crippen molar-refractivity contribution in [1.29, 1.82) is 0 Å². The van der Waals surface area contributed by atoms with Crippen LogP contribution >= 0.6 is 0 Å². The van der Waals surface area contributed by atoms with Gasteiger partial charge in [-0.25, -0.2) is 0 Å². The third kappa shape index (κ3) is 2.03. The van der Waals surface area contributed by atoms with E-state index < -0.39 is 0 Å². The molecular weight excluding hydrogens is 178 g/mol. The highest BCUT2D eigenvalue weighted by molar-refractivity contribution is 6.27. The topological polar surface area (TPSA) is 49.7 Å². The van der Waals surface area contributed by atoms with Crippen molar-refractivity contribution < 1.29 is 9.90 Å². The van der Waals surface area contributed by atoms with E-state index in [0.29, 0.717) is 25.0 Å². The fourth-order valence-corrected chi connectivity index (χ4v) is 1.57. The van der Waals surface area contributed by atoms with Gasteiger partial charge in [-0.3, -0.25) is 9.79 Å². The summed E-state index contributed by atoms with van der Waals surface area (Å²) < 4.78 is 0. The average molecular weight is 195 g/mol. The van der Waals surface area contributed by atoms with Crippen LogP contribution in [0.5, 0.6) is 0 Å². The normalized spacial score (nSPS) is 23.7. The molecule has 1 saturated carbocycles. The Labute approximate surface area is 84.5 Å². The second kappa shape index (κ2) is 4.40. The van der Waals surface area contributed by atoms with Crippen molar-refractivity contribution in [3.63, 3.8) is 0 Å². The number of allylic oxidation sites excluding steroid dienone is 2. The maximum Gasteiger partial charge on any atom is 0.168 e. The van der Waals surface area contributed by atoms with Crippen molar-refractivity contribution in [3.8, 4) is 0 Å². The average Bonchev–Trinajstić information content (AvgIpc) is 2.47. The molecule has 0 heterocycles. The van der Waals surface area contributed by atoms with Crippen LogP contribution < -0.4 is 0 Å². The molecule has 78 valence electrons. The Bertz CT molecular complexity index is 300. The van der Waals surface area contributed by atoms with Crippen molar-refractivity contribution in [2.75, 3.05) is 6.54 Å². The fourth-order valence-electron chi connectivity index (χ4n) is 1.57. The van der Waals surface area contributed by atoms with E-state index in [1.54, 1.807) is 0 Å². The first-order valence-corrected chi connectivity index (χ1v) is 5.08. The van der Waals surface area contributed by atoms with Crippen molar-refractivity contribution in [3.05, 3.63) is 11.3 Å². The molecule has 1 fully saturated rings. The monoisotopic (exact) mass is 195 g/mol. The molecule has 1 aliphatic carbocycles. The molecule has 0 aromatic heterocycles. The number of Topliss-reactive ketones (excluding diaryl/α,β-unsaturated/α-hetero) is 1. The van der Waals surface area contributed by atoms with E-state index in [1.165, 1.54) is 0 Å². The molecule has 1 aliphatic rings. The number of aliphatic imine (C=N–C) groups is 1. The number of carbonyl (C=O) groups is 1. The molecule has 0 spiro atoms. The Kier molecular flexibility index (Phi) is 3.44. The SMILES string of the molecule is CCN=C1CCC(=O)C1=C(O)C(C)C. The van der Waals surface area contributed by atoms with Gasteiger partial charge in [0, 0.05) is 24.6 Å². The highest BCUT2D eigenvalue weighted by Crippen LogP contribution is 2.24. The predicted octanol–water partition coefficient (Wildman–Crippen LogP) is 2.28. The van der Waals surface area contributed by atoms with Crippen LogP contribution in [0.25, 0.3) is 0 Å². The number of hydrogen-bond acceptors (Lipinski definition) is 3. The zero-order valence-electron chi connectivity index (χ0n) is 9.00. The molecule has 3 nitrogen and oxygen atoms in total. The number of hydrogen-bond donors (Lipinski definition) is 1. The van der Waals surface area contributed by atoms with Crippen LogP contribution in [0.4, 0.5) is 0 Å². The lowest BCUT2D eigenvalue weighted by atomic mass is 10.0. The zero-order valence-corrected chi connectivity index (χ0v) is 9.00. The van der Waals surface area contributed by atoms with E-state index in [-0.39, 0.29) is 17.5 Å². The first kappa shape index (κ1) is 11.0. The van der Waals surface area contributed by atoms with Crippen LogP contribution in [0, 0.1) is 5.92 Å². The molecule has 0 aromatic carbocycles. The molecule has 1 rings (SSSR count). The lowest BCUT2D eigenvalue weighted by Crippen LogP contribution is -2.09. The number of aliphatic hydroxyl groups is 1. The van der Waals surface area contributed by atoms with Crippen LogP contribution in [-0.2, 0) is 4.79 Å². The molecule has 0 aromatic rings. The first-order valence-electron chi connectivity index (χ1n) is 5.08. The summed E-state index contributed by atoms with van der Waals surface area (Å²) in [5, 5.41) is 9.77. The second-order valence-electron chi connectivity index (χ2n) is 3.76. The van der Waals surface area contributed by atoms with Crippen molar-refractivity contribution in [2.45, 2.75) is 33.6 Å². The van der Waals surface area contributed by atoms with Gasteiger partial charge in [0.1, 0.15) is 5.76 Å². The highest BCUT2D eigenvalue weighted by Gasteiger charge is 2.28. The summed E-state index contributed by atoms with van der Waals surface area (Å²) in [4.78, 5) is 15.7. The Balaban J connectivity index is 3.10. The third-order valence-corrected chi connectivity index (χ3v) is 2.31. The highest BCUT2D eigenvalue weighted by atomic mass is 16.3. The number of aliphatic hydroxyl groups excluding tert-OH is 1. The summed E-state index contributed by atoms with van der Waals surface area (Å²) in [6.07, 6.45) is 1.17. The summed E-state index contributed by atoms with van der Waals surface area (Å²) in [5.41, 5.74) is 1.26. The number of carbonyl (C=O) groups excluding carboxylic acids is 1. The largest absolute Gasteiger partial charge is 0.511 e. The lowest BCUT2D eigenvalue weighted by Gasteiger charge is -2.07. The van der Waals surface area contributed by atoms with Gasteiger partial charge in [0.15, 0.2) is 5.78 Å². The molecule has 0 amide bonds. The summed E-state index contributed by atoms with van der Waals surface area (Å²) in [5.74, 6) is 0.220. The van der Waals surface area contributed by atoms with Crippen LogP contribution in [-0.4, -0.2) is 23.1 Å². The second-order valence-corrected chi connectivity index (χ2v) is 3.76. The quantitative estimate of drug-likeness (QED) is 0.543. The Morgan fingerprint density at radius 3 is 2.64 bits per heavy atom. The van der Waals surface area contributed by atoms with Gasteiger partial charge in [-0.1, -0.05) is 13.8 Å². The van der Waals surface area contributed by atoms with Gasteiger partial charge in [0.05, 0.1) is 5.57 Å². The van der Waals surface area contributed by atoms with Crippen molar-refractivity contribution in [2.24, 2.45) is 10.9 Å². The Morgan fingerprint density at radius 2 is 2.14 bits per heavy atom. The molecule has 0 aliphatic heterocycles. The molecular formula is C11H17NO2. The molecule has 0 bridgehead atoms. The van der Waals surface area contributed by atoms with E-state index in [1.807, 2.05) is 20.8 Å². The van der Waals surface area contributed by atoms with Gasteiger partial charge in [0.25, 0.3) is 0 Å². The van der Waals surface area contributed by atoms with E-state index >= 15 is 0 Å². The first-order chi connectivity index (χ1) is 6.57. The number of nitrogens with zero attached hydrogens (tertiary/aromatic N) is 1. The zero-order chi connectivity index (χ0) is 10.7. The molecule has 1 N–H and O–H groups in total. The van der Waals surface area contributed by atoms with Gasteiger partial charge in [-0.05, 0) is 13.3 Å². The van der Waals surface area contributed by atoms with Crippen LogP contribution in [0.1, 0.15) is 33.6 Å². The number of ketones is 1. The molecule has 0 saturated heterocycles. The van der Waals surface area contributed by atoms with E-state index in [9.17, 15) is 9.90 Å². The van der Waals surface area contributed by atoms with Crippen molar-refractivity contribution >= 4 is 11.5 Å². The summed E-state index contributed by atoms with van der Waals surface area (Å²) in [6, 6.07) is 0. The van der Waals surface area contributed by atoms with E-state index in [0.717, 1.165) is 5.71 Å². The molecule has 14 heavy (non-hydrogen) atoms. The minimum Gasteiger partial charge on any atom is -0.511 e. The summed E-state index contributed by atoms with van der Waals surface area (Å²) in [6.45, 7) is 6.34. The maximum absolute atomic E-state index is 11.5. The number of rotatable bonds is 2. The van der Waals surface area contributed by atoms with Crippen LogP contribution in [0.15, 0.2) is 16.3 Å². The molecule has 0 atom stereocenters. The minimum absolute atomic E-state index is 0.00546. The maximum atomic E-state index is 11.5. The van der Waals surface area contributed by atoms with Crippen LogP contribution in [0.3, 0.4) is 0 Å². The molecule has 0 unspecified atom stereocenters. The smallest absolute Gasteiger partial charge is 0.168 e. The fraction of sp³-hybridized carbons (Fsp3) is 0.636. The molecule has 0 radical (unpaired) electrons. The molecule has 3 heteroatoms.